The SMILES string of the molecule is O=C(Cn1ccccc1=O)Nc1cc(C(F)(F)F)cc(C(F)(F)F)c1. The molecule has 1 N–H and O–H groups in total. The van der Waals surface area contributed by atoms with Gasteiger partial charge in [-0.25, -0.2) is 0 Å². The van der Waals surface area contributed by atoms with E-state index in [9.17, 15) is 35.9 Å². The summed E-state index contributed by atoms with van der Waals surface area (Å²) in [5.74, 6) is -0.944. The molecule has 2 aromatic rings. The highest BCUT2D eigenvalue weighted by Gasteiger charge is 2.37. The molecule has 0 atom stereocenters. The number of halogens is 6. The van der Waals surface area contributed by atoms with Crippen molar-refractivity contribution in [1.29, 1.82) is 0 Å². The number of aromatic nitrogens is 1. The minimum atomic E-state index is -5.02. The number of nitrogens with one attached hydrogen (secondary N) is 1. The highest BCUT2D eigenvalue weighted by Crippen LogP contribution is 2.37. The van der Waals surface area contributed by atoms with Crippen molar-refractivity contribution in [2.75, 3.05) is 5.32 Å². The van der Waals surface area contributed by atoms with Crippen LogP contribution in [0.3, 0.4) is 0 Å². The molecule has 0 aliphatic heterocycles. The number of hydrogen-bond donors (Lipinski definition) is 1. The molecule has 0 spiro atoms. The summed E-state index contributed by atoms with van der Waals surface area (Å²) < 4.78 is 77.4. The topological polar surface area (TPSA) is 51.1 Å². The quantitative estimate of drug-likeness (QED) is 0.848. The molecule has 2 rings (SSSR count). The standard InChI is InChI=1S/C15H10F6N2O2/c16-14(17,18)9-5-10(15(19,20)21)7-11(6-9)22-12(24)8-23-4-2-1-3-13(23)25/h1-7H,8H2,(H,22,24). The van der Waals surface area contributed by atoms with E-state index < -0.39 is 47.2 Å². The van der Waals surface area contributed by atoms with Crippen LogP contribution in [0, 0.1) is 0 Å². The summed E-state index contributed by atoms with van der Waals surface area (Å²) in [6.45, 7) is -0.558. The lowest BCUT2D eigenvalue weighted by atomic mass is 10.1. The van der Waals surface area contributed by atoms with Crippen LogP contribution >= 0.6 is 0 Å². The molecular formula is C15H10F6N2O2. The van der Waals surface area contributed by atoms with Gasteiger partial charge in [-0.15, -0.1) is 0 Å². The predicted molar refractivity (Wildman–Crippen MR) is 75.8 cm³/mol. The summed E-state index contributed by atoms with van der Waals surface area (Å²) in [7, 11) is 0. The Morgan fingerprint density at radius 3 is 2.00 bits per heavy atom. The van der Waals surface area contributed by atoms with Gasteiger partial charge in [-0.1, -0.05) is 6.07 Å². The van der Waals surface area contributed by atoms with Crippen LogP contribution in [0.5, 0.6) is 0 Å². The molecule has 0 unspecified atom stereocenters. The molecule has 25 heavy (non-hydrogen) atoms. The number of anilines is 1. The number of benzene rings is 1. The fraction of sp³-hybridized carbons (Fsp3) is 0.200. The zero-order valence-corrected chi connectivity index (χ0v) is 12.3. The van der Waals surface area contributed by atoms with Crippen LogP contribution in [-0.2, 0) is 23.7 Å². The van der Waals surface area contributed by atoms with Gasteiger partial charge >= 0.3 is 12.4 Å². The lowest BCUT2D eigenvalue weighted by molar-refractivity contribution is -0.143. The van der Waals surface area contributed by atoms with E-state index in [-0.39, 0.29) is 6.07 Å². The van der Waals surface area contributed by atoms with Crippen molar-refractivity contribution in [3.05, 3.63) is 64.1 Å². The zero-order chi connectivity index (χ0) is 18.8. The van der Waals surface area contributed by atoms with Crippen LogP contribution in [0.1, 0.15) is 11.1 Å². The second-order valence-electron chi connectivity index (χ2n) is 5.01. The molecule has 1 aromatic heterocycles. The molecule has 0 saturated heterocycles. The highest BCUT2D eigenvalue weighted by atomic mass is 19.4. The molecule has 4 nitrogen and oxygen atoms in total. The van der Waals surface area contributed by atoms with E-state index in [1.807, 2.05) is 5.32 Å². The van der Waals surface area contributed by atoms with E-state index in [1.165, 1.54) is 18.3 Å². The third-order valence-corrected chi connectivity index (χ3v) is 3.08. The number of amides is 1. The summed E-state index contributed by atoms with van der Waals surface area (Å²) in [6, 6.07) is 4.75. The summed E-state index contributed by atoms with van der Waals surface area (Å²) >= 11 is 0. The Morgan fingerprint density at radius 2 is 1.52 bits per heavy atom. The van der Waals surface area contributed by atoms with E-state index in [0.717, 1.165) is 10.6 Å². The van der Waals surface area contributed by atoms with E-state index in [0.29, 0.717) is 12.1 Å². The maximum absolute atomic E-state index is 12.7. The first-order chi connectivity index (χ1) is 11.5. The molecule has 0 aliphatic rings. The molecule has 0 radical (unpaired) electrons. The van der Waals surface area contributed by atoms with Crippen LogP contribution < -0.4 is 10.9 Å². The zero-order valence-electron chi connectivity index (χ0n) is 12.3. The second-order valence-corrected chi connectivity index (χ2v) is 5.01. The molecule has 1 amide bonds. The van der Waals surface area contributed by atoms with Crippen molar-refractivity contribution in [3.8, 4) is 0 Å². The van der Waals surface area contributed by atoms with Crippen LogP contribution in [0.25, 0.3) is 0 Å². The van der Waals surface area contributed by atoms with E-state index in [4.69, 9.17) is 0 Å². The van der Waals surface area contributed by atoms with E-state index in [2.05, 4.69) is 0 Å². The van der Waals surface area contributed by atoms with Gasteiger partial charge in [0.1, 0.15) is 6.54 Å². The Kier molecular flexibility index (Phi) is 4.91. The number of pyridine rings is 1. The largest absolute Gasteiger partial charge is 0.416 e. The molecule has 134 valence electrons. The predicted octanol–water partition coefficient (Wildman–Crippen LogP) is 3.52. The minimum Gasteiger partial charge on any atom is -0.325 e. The lowest BCUT2D eigenvalue weighted by Gasteiger charge is -2.15. The fourth-order valence-corrected chi connectivity index (χ4v) is 1.97. The van der Waals surface area contributed by atoms with Crippen LogP contribution in [0.2, 0.25) is 0 Å². The van der Waals surface area contributed by atoms with E-state index in [1.54, 1.807) is 0 Å². The smallest absolute Gasteiger partial charge is 0.325 e. The molecule has 0 bridgehead atoms. The summed E-state index contributed by atoms with van der Waals surface area (Å²) in [5.41, 5.74) is -4.31. The Morgan fingerprint density at radius 1 is 0.960 bits per heavy atom. The summed E-state index contributed by atoms with van der Waals surface area (Å²) in [4.78, 5) is 23.3. The van der Waals surface area contributed by atoms with Gasteiger partial charge in [-0.2, -0.15) is 26.3 Å². The normalized spacial score (nSPS) is 12.1. The number of carbonyl (C=O) groups excluding carboxylic acids is 1. The number of nitrogens with zero attached hydrogens (tertiary/aromatic N) is 1. The summed E-state index contributed by atoms with van der Waals surface area (Å²) in [5, 5.41) is 1.94. The minimum absolute atomic E-state index is 0.0443. The number of carbonyl (C=O) groups is 1. The van der Waals surface area contributed by atoms with Gasteiger partial charge in [0.15, 0.2) is 0 Å². The molecule has 0 fully saturated rings. The maximum atomic E-state index is 12.7. The van der Waals surface area contributed by atoms with Gasteiger partial charge in [0, 0.05) is 18.0 Å². The van der Waals surface area contributed by atoms with Crippen molar-refractivity contribution in [2.45, 2.75) is 18.9 Å². The highest BCUT2D eigenvalue weighted by molar-refractivity contribution is 5.90. The number of rotatable bonds is 3. The second kappa shape index (κ2) is 6.61. The number of alkyl halides is 6. The Labute approximate surface area is 136 Å². The van der Waals surface area contributed by atoms with Gasteiger partial charge in [-0.3, -0.25) is 9.59 Å². The monoisotopic (exact) mass is 364 g/mol. The van der Waals surface area contributed by atoms with Gasteiger partial charge < -0.3 is 9.88 Å². The van der Waals surface area contributed by atoms with Crippen molar-refractivity contribution in [1.82, 2.24) is 4.57 Å². The Balaban J connectivity index is 2.30. The van der Waals surface area contributed by atoms with Crippen LogP contribution in [0.15, 0.2) is 47.4 Å². The molecule has 1 heterocycles. The van der Waals surface area contributed by atoms with Gasteiger partial charge in [0.25, 0.3) is 5.56 Å². The van der Waals surface area contributed by atoms with Gasteiger partial charge in [0.05, 0.1) is 11.1 Å². The third kappa shape index (κ3) is 4.85. The van der Waals surface area contributed by atoms with E-state index >= 15 is 0 Å². The molecule has 10 heteroatoms. The lowest BCUT2D eigenvalue weighted by Crippen LogP contribution is -2.26. The average Bonchev–Trinajstić information content (AvgIpc) is 2.47. The molecule has 0 aliphatic carbocycles. The average molecular weight is 364 g/mol. The Bertz CT molecular complexity index is 807. The fourth-order valence-electron chi connectivity index (χ4n) is 1.97. The van der Waals surface area contributed by atoms with Crippen molar-refractivity contribution >= 4 is 11.6 Å². The summed E-state index contributed by atoms with van der Waals surface area (Å²) in [6.07, 6.45) is -8.77. The third-order valence-electron chi connectivity index (χ3n) is 3.08. The van der Waals surface area contributed by atoms with Gasteiger partial charge in [-0.05, 0) is 24.3 Å². The maximum Gasteiger partial charge on any atom is 0.416 e. The molecule has 1 aromatic carbocycles. The first-order valence-corrected chi connectivity index (χ1v) is 6.71. The first-order valence-electron chi connectivity index (χ1n) is 6.71. The van der Waals surface area contributed by atoms with Crippen molar-refractivity contribution in [2.24, 2.45) is 0 Å². The number of hydrogen-bond acceptors (Lipinski definition) is 2. The Hall–Kier alpha value is -2.78. The van der Waals surface area contributed by atoms with Crippen molar-refractivity contribution < 1.29 is 31.1 Å². The molecule has 0 saturated carbocycles. The van der Waals surface area contributed by atoms with Crippen LogP contribution in [-0.4, -0.2) is 10.5 Å². The molecular weight excluding hydrogens is 354 g/mol. The van der Waals surface area contributed by atoms with Crippen molar-refractivity contribution in [3.63, 3.8) is 0 Å². The van der Waals surface area contributed by atoms with Gasteiger partial charge in [0.2, 0.25) is 5.91 Å². The first kappa shape index (κ1) is 18.6. The van der Waals surface area contributed by atoms with Crippen LogP contribution in [0.4, 0.5) is 32.0 Å².